The standard InChI is InChI=1S/C31H41FN2O2/c1-3-5-7-8-9-11-21-35-29-19-15-26(16-20-29)31-33-22-27(23-34-31)25-13-17-30(18-14-25)36-24-28(32)12-10-6-4-2/h13-20,22-23,28H,3-12,21,24H2,1-2H3. The van der Waals surface area contributed by atoms with Gasteiger partial charge in [0.2, 0.25) is 0 Å². The van der Waals surface area contributed by atoms with Crippen molar-refractivity contribution >= 4 is 0 Å². The Hall–Kier alpha value is -2.95. The Balaban J connectivity index is 1.45. The first kappa shape index (κ1) is 27.6. The van der Waals surface area contributed by atoms with Crippen LogP contribution in [0.3, 0.4) is 0 Å². The van der Waals surface area contributed by atoms with Crippen molar-refractivity contribution in [2.75, 3.05) is 13.2 Å². The van der Waals surface area contributed by atoms with Crippen LogP contribution >= 0.6 is 0 Å². The highest BCUT2D eigenvalue weighted by atomic mass is 19.1. The van der Waals surface area contributed by atoms with Crippen molar-refractivity contribution in [2.45, 2.75) is 84.2 Å². The van der Waals surface area contributed by atoms with E-state index in [4.69, 9.17) is 9.47 Å². The minimum Gasteiger partial charge on any atom is -0.494 e. The normalized spacial score (nSPS) is 11.9. The van der Waals surface area contributed by atoms with E-state index in [2.05, 4.69) is 23.8 Å². The van der Waals surface area contributed by atoms with Crippen LogP contribution in [0, 0.1) is 0 Å². The van der Waals surface area contributed by atoms with Crippen molar-refractivity contribution in [3.63, 3.8) is 0 Å². The molecule has 3 rings (SSSR count). The van der Waals surface area contributed by atoms with Gasteiger partial charge in [-0.05, 0) is 54.8 Å². The second-order valence-corrected chi connectivity index (χ2v) is 9.36. The summed E-state index contributed by atoms with van der Waals surface area (Å²) in [4.78, 5) is 9.10. The molecule has 0 saturated heterocycles. The van der Waals surface area contributed by atoms with Crippen LogP contribution in [-0.4, -0.2) is 29.4 Å². The number of unbranched alkanes of at least 4 members (excludes halogenated alkanes) is 7. The monoisotopic (exact) mass is 492 g/mol. The van der Waals surface area contributed by atoms with Gasteiger partial charge in [0.1, 0.15) is 24.3 Å². The van der Waals surface area contributed by atoms with Crippen LogP contribution in [0.5, 0.6) is 11.5 Å². The van der Waals surface area contributed by atoms with Gasteiger partial charge in [0, 0.05) is 23.5 Å². The number of ether oxygens (including phenoxy) is 2. The number of halogens is 1. The van der Waals surface area contributed by atoms with Gasteiger partial charge in [-0.15, -0.1) is 0 Å². The molecular weight excluding hydrogens is 451 g/mol. The van der Waals surface area contributed by atoms with Gasteiger partial charge in [0.15, 0.2) is 5.82 Å². The number of alkyl halides is 1. The van der Waals surface area contributed by atoms with E-state index in [-0.39, 0.29) is 6.61 Å². The molecule has 1 atom stereocenters. The zero-order valence-electron chi connectivity index (χ0n) is 21.9. The van der Waals surface area contributed by atoms with Crippen molar-refractivity contribution in [1.82, 2.24) is 9.97 Å². The van der Waals surface area contributed by atoms with Gasteiger partial charge in [-0.1, -0.05) is 77.3 Å². The van der Waals surface area contributed by atoms with Gasteiger partial charge >= 0.3 is 0 Å². The van der Waals surface area contributed by atoms with Gasteiger partial charge in [-0.25, -0.2) is 14.4 Å². The maximum absolute atomic E-state index is 13.9. The molecule has 4 nitrogen and oxygen atoms in total. The van der Waals surface area contributed by atoms with Crippen molar-refractivity contribution in [3.8, 4) is 34.0 Å². The van der Waals surface area contributed by atoms with Crippen LogP contribution < -0.4 is 9.47 Å². The predicted molar refractivity (Wildman–Crippen MR) is 146 cm³/mol. The summed E-state index contributed by atoms with van der Waals surface area (Å²) in [5.41, 5.74) is 2.87. The van der Waals surface area contributed by atoms with Crippen LogP contribution in [0.25, 0.3) is 22.5 Å². The minimum absolute atomic E-state index is 0.101. The number of rotatable bonds is 17. The summed E-state index contributed by atoms with van der Waals surface area (Å²) in [7, 11) is 0. The smallest absolute Gasteiger partial charge is 0.159 e. The SMILES string of the molecule is CCCCCCCCOc1ccc(-c2ncc(-c3ccc(OCC(F)CCCCC)cc3)cn2)cc1. The maximum Gasteiger partial charge on any atom is 0.159 e. The van der Waals surface area contributed by atoms with Crippen LogP contribution in [0.1, 0.15) is 78.1 Å². The molecular formula is C31H41FN2O2. The molecule has 1 unspecified atom stereocenters. The lowest BCUT2D eigenvalue weighted by molar-refractivity contribution is 0.184. The molecule has 0 N–H and O–H groups in total. The fraction of sp³-hybridized carbons (Fsp3) is 0.484. The van der Waals surface area contributed by atoms with Gasteiger partial charge in [-0.3, -0.25) is 0 Å². The molecule has 194 valence electrons. The van der Waals surface area contributed by atoms with Crippen LogP contribution in [0.15, 0.2) is 60.9 Å². The van der Waals surface area contributed by atoms with Gasteiger partial charge < -0.3 is 9.47 Å². The first-order chi connectivity index (χ1) is 17.7. The Bertz CT molecular complexity index is 975. The van der Waals surface area contributed by atoms with Gasteiger partial charge in [-0.2, -0.15) is 0 Å². The molecule has 0 bridgehead atoms. The molecule has 0 saturated carbocycles. The average Bonchev–Trinajstić information content (AvgIpc) is 2.92. The summed E-state index contributed by atoms with van der Waals surface area (Å²) in [6, 6.07) is 15.6. The highest BCUT2D eigenvalue weighted by molar-refractivity contribution is 5.64. The van der Waals surface area contributed by atoms with E-state index in [9.17, 15) is 4.39 Å². The molecule has 0 aliphatic rings. The summed E-state index contributed by atoms with van der Waals surface area (Å²) >= 11 is 0. The molecule has 0 aliphatic carbocycles. The Morgan fingerprint density at radius 1 is 0.639 bits per heavy atom. The molecule has 0 spiro atoms. The van der Waals surface area contributed by atoms with E-state index in [1.54, 1.807) is 0 Å². The second-order valence-electron chi connectivity index (χ2n) is 9.36. The van der Waals surface area contributed by atoms with Crippen molar-refractivity contribution in [3.05, 3.63) is 60.9 Å². The summed E-state index contributed by atoms with van der Waals surface area (Å²) in [5, 5.41) is 0. The Labute approximate surface area is 216 Å². The van der Waals surface area contributed by atoms with E-state index in [1.807, 2.05) is 60.9 Å². The zero-order chi connectivity index (χ0) is 25.4. The number of benzene rings is 2. The Morgan fingerprint density at radius 2 is 1.19 bits per heavy atom. The third kappa shape index (κ3) is 9.60. The molecule has 36 heavy (non-hydrogen) atoms. The van der Waals surface area contributed by atoms with Crippen LogP contribution in [0.2, 0.25) is 0 Å². The molecule has 1 heterocycles. The summed E-state index contributed by atoms with van der Waals surface area (Å²) in [5.74, 6) is 2.23. The highest BCUT2D eigenvalue weighted by Crippen LogP contribution is 2.24. The summed E-state index contributed by atoms with van der Waals surface area (Å²) in [6.45, 7) is 5.22. The van der Waals surface area contributed by atoms with Crippen LogP contribution in [-0.2, 0) is 0 Å². The van der Waals surface area contributed by atoms with Crippen molar-refractivity contribution in [1.29, 1.82) is 0 Å². The van der Waals surface area contributed by atoms with Crippen molar-refractivity contribution < 1.29 is 13.9 Å². The zero-order valence-corrected chi connectivity index (χ0v) is 21.9. The quantitative estimate of drug-likeness (QED) is 0.177. The Kier molecular flexibility index (Phi) is 12.2. The lowest BCUT2D eigenvalue weighted by Gasteiger charge is -2.11. The summed E-state index contributed by atoms with van der Waals surface area (Å²) in [6.07, 6.45) is 13.9. The van der Waals surface area contributed by atoms with Crippen molar-refractivity contribution in [2.24, 2.45) is 0 Å². The average molecular weight is 493 g/mol. The second kappa shape index (κ2) is 15.9. The topological polar surface area (TPSA) is 44.2 Å². The number of hydrogen-bond donors (Lipinski definition) is 0. The molecule has 5 heteroatoms. The van der Waals surface area contributed by atoms with Gasteiger partial charge in [0.05, 0.1) is 6.61 Å². The minimum atomic E-state index is -0.918. The predicted octanol–water partition coefficient (Wildman–Crippen LogP) is 8.85. The van der Waals surface area contributed by atoms with E-state index in [0.29, 0.717) is 18.0 Å². The molecule has 3 aromatic rings. The molecule has 2 aromatic carbocycles. The lowest BCUT2D eigenvalue weighted by atomic mass is 10.1. The Morgan fingerprint density at radius 3 is 1.86 bits per heavy atom. The largest absolute Gasteiger partial charge is 0.494 e. The number of nitrogens with zero attached hydrogens (tertiary/aromatic N) is 2. The van der Waals surface area contributed by atoms with Gasteiger partial charge in [0.25, 0.3) is 0 Å². The van der Waals surface area contributed by atoms with E-state index in [0.717, 1.165) is 54.7 Å². The first-order valence-electron chi connectivity index (χ1n) is 13.6. The molecule has 0 amide bonds. The first-order valence-corrected chi connectivity index (χ1v) is 13.6. The number of aromatic nitrogens is 2. The molecule has 0 radical (unpaired) electrons. The molecule has 1 aromatic heterocycles. The van der Waals surface area contributed by atoms with E-state index >= 15 is 0 Å². The van der Waals surface area contributed by atoms with E-state index < -0.39 is 6.17 Å². The maximum atomic E-state index is 13.9. The fourth-order valence-electron chi connectivity index (χ4n) is 4.03. The third-order valence-electron chi connectivity index (χ3n) is 6.27. The number of hydrogen-bond acceptors (Lipinski definition) is 4. The molecule has 0 fully saturated rings. The third-order valence-corrected chi connectivity index (χ3v) is 6.27. The lowest BCUT2D eigenvalue weighted by Crippen LogP contribution is -2.12. The van der Waals surface area contributed by atoms with E-state index in [1.165, 1.54) is 32.1 Å². The van der Waals surface area contributed by atoms with Crippen LogP contribution in [0.4, 0.5) is 4.39 Å². The summed E-state index contributed by atoms with van der Waals surface area (Å²) < 4.78 is 25.4. The molecule has 0 aliphatic heterocycles. The highest BCUT2D eigenvalue weighted by Gasteiger charge is 2.08. The fourth-order valence-corrected chi connectivity index (χ4v) is 4.03.